The first-order valence-corrected chi connectivity index (χ1v) is 3.98. The standard InChI is InChI=1S/C3H12N2O2S/c1-2-3-5-8(4,6)7/h5-7H,2-4H2,1H3. The Kier molecular flexibility index (Phi) is 3.34. The Balaban J connectivity index is 3.11. The zero-order chi connectivity index (χ0) is 6.62. The van der Waals surface area contributed by atoms with E-state index >= 15 is 0 Å². The number of rotatable bonds is 3. The van der Waals surface area contributed by atoms with Crippen molar-refractivity contribution in [2.45, 2.75) is 13.3 Å². The van der Waals surface area contributed by atoms with E-state index in [1.54, 1.807) is 0 Å². The van der Waals surface area contributed by atoms with Crippen LogP contribution in [0.1, 0.15) is 13.3 Å². The Morgan fingerprint density at radius 3 is 2.25 bits per heavy atom. The maximum atomic E-state index is 8.45. The van der Waals surface area contributed by atoms with Gasteiger partial charge in [-0.1, -0.05) is 17.9 Å². The number of nitrogens with two attached hydrogens (primary N) is 1. The smallest absolute Gasteiger partial charge is 0.0158 e. The summed E-state index contributed by atoms with van der Waals surface area (Å²) in [7, 11) is -2.94. The molecule has 0 aromatic heterocycles. The minimum atomic E-state index is -2.94. The van der Waals surface area contributed by atoms with Gasteiger partial charge in [0.2, 0.25) is 0 Å². The molecule has 0 radical (unpaired) electrons. The number of hydrogen-bond acceptors (Lipinski definition) is 4. The van der Waals surface area contributed by atoms with Crippen LogP contribution in [0.5, 0.6) is 0 Å². The van der Waals surface area contributed by atoms with Crippen LogP contribution in [0.2, 0.25) is 0 Å². The van der Waals surface area contributed by atoms with Gasteiger partial charge < -0.3 is 0 Å². The van der Waals surface area contributed by atoms with Crippen LogP contribution in [-0.2, 0) is 0 Å². The molecule has 0 aromatic carbocycles. The molecule has 0 amide bonds. The number of nitrogens with one attached hydrogen (secondary N) is 1. The Hall–Kier alpha value is 0.190. The van der Waals surface area contributed by atoms with Crippen LogP contribution in [0.3, 0.4) is 0 Å². The normalized spacial score (nSPS) is 14.0. The van der Waals surface area contributed by atoms with E-state index in [4.69, 9.17) is 14.2 Å². The van der Waals surface area contributed by atoms with Crippen LogP contribution in [-0.4, -0.2) is 15.7 Å². The highest BCUT2D eigenvalue weighted by Gasteiger charge is 1.98. The molecule has 0 heterocycles. The molecule has 52 valence electrons. The van der Waals surface area contributed by atoms with Crippen LogP contribution in [0, 0.1) is 0 Å². The van der Waals surface area contributed by atoms with Crippen LogP contribution in [0.15, 0.2) is 0 Å². The van der Waals surface area contributed by atoms with Crippen LogP contribution in [0.25, 0.3) is 0 Å². The molecule has 0 saturated carbocycles. The Labute approximate surface area is 50.7 Å². The van der Waals surface area contributed by atoms with Crippen molar-refractivity contribution >= 4 is 11.0 Å². The van der Waals surface area contributed by atoms with Crippen molar-refractivity contribution in [3.8, 4) is 0 Å². The van der Waals surface area contributed by atoms with E-state index in [-0.39, 0.29) is 0 Å². The van der Waals surface area contributed by atoms with Crippen molar-refractivity contribution in [3.63, 3.8) is 0 Å². The van der Waals surface area contributed by atoms with E-state index < -0.39 is 11.0 Å². The highest BCUT2D eigenvalue weighted by atomic mass is 32.3. The van der Waals surface area contributed by atoms with Gasteiger partial charge in [0.15, 0.2) is 0 Å². The zero-order valence-electron chi connectivity index (χ0n) is 4.79. The summed E-state index contributed by atoms with van der Waals surface area (Å²) < 4.78 is 19.3. The van der Waals surface area contributed by atoms with Crippen molar-refractivity contribution in [2.75, 3.05) is 6.54 Å². The molecular weight excluding hydrogens is 128 g/mol. The lowest BCUT2D eigenvalue weighted by atomic mass is 10.5. The number of hydrogen-bond donors (Lipinski definition) is 4. The van der Waals surface area contributed by atoms with E-state index in [2.05, 4.69) is 4.72 Å². The Bertz CT molecular complexity index is 62.8. The van der Waals surface area contributed by atoms with E-state index in [0.29, 0.717) is 6.54 Å². The molecule has 5 heteroatoms. The fraction of sp³-hybridized carbons (Fsp3) is 1.00. The molecule has 0 rings (SSSR count). The second-order valence-corrected chi connectivity index (χ2v) is 2.96. The van der Waals surface area contributed by atoms with E-state index in [1.807, 2.05) is 6.92 Å². The topological polar surface area (TPSA) is 78.5 Å². The van der Waals surface area contributed by atoms with Gasteiger partial charge in [-0.05, 0) is 6.42 Å². The van der Waals surface area contributed by atoms with Gasteiger partial charge in [-0.2, -0.15) is 0 Å². The molecule has 0 aliphatic heterocycles. The molecule has 0 unspecified atom stereocenters. The molecule has 0 aliphatic rings. The molecule has 0 aliphatic carbocycles. The fourth-order valence-corrected chi connectivity index (χ4v) is 0.757. The molecule has 0 fully saturated rings. The lowest BCUT2D eigenvalue weighted by Gasteiger charge is -2.26. The summed E-state index contributed by atoms with van der Waals surface area (Å²) in [6.45, 7) is 2.46. The van der Waals surface area contributed by atoms with Crippen LogP contribution >= 0.6 is 11.0 Å². The fourth-order valence-electron chi connectivity index (χ4n) is 0.252. The summed E-state index contributed by atoms with van der Waals surface area (Å²) in [4.78, 5) is 0. The average molecular weight is 140 g/mol. The minimum Gasteiger partial charge on any atom is -0.273 e. The average Bonchev–Trinajstić information content (AvgIpc) is 1.59. The highest BCUT2D eigenvalue weighted by Crippen LogP contribution is 2.20. The SMILES string of the molecule is CCCNS(N)(O)O. The first-order chi connectivity index (χ1) is 3.56. The summed E-state index contributed by atoms with van der Waals surface area (Å²) in [5.74, 6) is 0. The molecular formula is C3H12N2O2S. The molecule has 0 saturated heterocycles. The molecule has 0 bridgehead atoms. The monoisotopic (exact) mass is 140 g/mol. The minimum absolute atomic E-state index is 0.541. The van der Waals surface area contributed by atoms with Gasteiger partial charge in [0.1, 0.15) is 0 Å². The second-order valence-electron chi connectivity index (χ2n) is 1.49. The van der Waals surface area contributed by atoms with Gasteiger partial charge >= 0.3 is 0 Å². The van der Waals surface area contributed by atoms with Gasteiger partial charge in [-0.25, -0.2) is 9.86 Å². The first kappa shape index (κ1) is 8.19. The summed E-state index contributed by atoms with van der Waals surface area (Å²) in [6.07, 6.45) is 0.840. The predicted molar refractivity (Wildman–Crippen MR) is 35.3 cm³/mol. The summed E-state index contributed by atoms with van der Waals surface area (Å²) in [5, 5.41) is 4.80. The van der Waals surface area contributed by atoms with Crippen molar-refractivity contribution in [1.29, 1.82) is 0 Å². The summed E-state index contributed by atoms with van der Waals surface area (Å²) >= 11 is 0. The van der Waals surface area contributed by atoms with Gasteiger partial charge in [-0.15, -0.1) is 0 Å². The molecule has 8 heavy (non-hydrogen) atoms. The van der Waals surface area contributed by atoms with E-state index in [0.717, 1.165) is 6.42 Å². The maximum absolute atomic E-state index is 8.45. The van der Waals surface area contributed by atoms with Gasteiger partial charge in [0.25, 0.3) is 0 Å². The Morgan fingerprint density at radius 2 is 2.12 bits per heavy atom. The van der Waals surface area contributed by atoms with Gasteiger partial charge in [-0.3, -0.25) is 9.11 Å². The van der Waals surface area contributed by atoms with Gasteiger partial charge in [0.05, 0.1) is 0 Å². The molecule has 0 aromatic rings. The lowest BCUT2D eigenvalue weighted by molar-refractivity contribution is 0.471. The molecule has 5 N–H and O–H groups in total. The van der Waals surface area contributed by atoms with Crippen LogP contribution in [0.4, 0.5) is 0 Å². The summed E-state index contributed by atoms with van der Waals surface area (Å²) in [6, 6.07) is 0. The van der Waals surface area contributed by atoms with Crippen LogP contribution < -0.4 is 9.86 Å². The van der Waals surface area contributed by atoms with E-state index in [9.17, 15) is 0 Å². The third kappa shape index (κ3) is 6.19. The van der Waals surface area contributed by atoms with E-state index in [1.165, 1.54) is 0 Å². The maximum Gasteiger partial charge on any atom is 0.0158 e. The van der Waals surface area contributed by atoms with Gasteiger partial charge in [0, 0.05) is 6.54 Å². The van der Waals surface area contributed by atoms with Crippen molar-refractivity contribution in [1.82, 2.24) is 4.72 Å². The van der Waals surface area contributed by atoms with Crippen molar-refractivity contribution in [2.24, 2.45) is 5.14 Å². The largest absolute Gasteiger partial charge is 0.273 e. The highest BCUT2D eigenvalue weighted by molar-refractivity contribution is 8.20. The third-order valence-corrected chi connectivity index (χ3v) is 1.19. The zero-order valence-corrected chi connectivity index (χ0v) is 5.61. The molecule has 0 spiro atoms. The van der Waals surface area contributed by atoms with Crippen molar-refractivity contribution < 1.29 is 9.11 Å². The van der Waals surface area contributed by atoms with Crippen molar-refractivity contribution in [3.05, 3.63) is 0 Å². The third-order valence-electron chi connectivity index (χ3n) is 0.564. The quantitative estimate of drug-likeness (QED) is 0.461. The second kappa shape index (κ2) is 3.26. The first-order valence-electron chi connectivity index (χ1n) is 2.37. The Morgan fingerprint density at radius 1 is 1.62 bits per heavy atom. The predicted octanol–water partition coefficient (Wildman–Crippen LogP) is 0.525. The molecule has 0 atom stereocenters. The molecule has 4 nitrogen and oxygen atoms in total. The summed E-state index contributed by atoms with van der Waals surface area (Å²) in [5.41, 5.74) is 0. The lowest BCUT2D eigenvalue weighted by Crippen LogP contribution is -2.26.